The lowest BCUT2D eigenvalue weighted by Gasteiger charge is -2.07. The zero-order valence-corrected chi connectivity index (χ0v) is 7.55. The van der Waals surface area contributed by atoms with Gasteiger partial charge < -0.3 is 0 Å². The van der Waals surface area contributed by atoms with Crippen LogP contribution in [0.15, 0.2) is 0 Å². The molecule has 0 aliphatic heterocycles. The summed E-state index contributed by atoms with van der Waals surface area (Å²) in [6.07, 6.45) is 0.714. The maximum Gasteiger partial charge on any atom is 0.0678 e. The summed E-state index contributed by atoms with van der Waals surface area (Å²) in [4.78, 5) is 0. The number of hydrogen-bond acceptors (Lipinski definition) is 0. The predicted octanol–water partition coefficient (Wildman–Crippen LogP) is 2.82. The molecule has 0 aromatic heterocycles. The van der Waals surface area contributed by atoms with E-state index in [1.54, 1.807) is 0 Å². The van der Waals surface area contributed by atoms with Gasteiger partial charge in [0.1, 0.15) is 0 Å². The second kappa shape index (κ2) is 3.04. The quantitative estimate of drug-likeness (QED) is 0.537. The van der Waals surface area contributed by atoms with Crippen LogP contribution in [0.25, 0.3) is 0 Å². The lowest BCUT2D eigenvalue weighted by atomic mass is 10.4. The first kappa shape index (κ1) is 8.26. The minimum Gasteiger partial charge on any atom is -0.121 e. The van der Waals surface area contributed by atoms with E-state index in [0.717, 1.165) is 0 Å². The Morgan fingerprint density at radius 3 is 1.22 bits per heavy atom. The van der Waals surface area contributed by atoms with Crippen molar-refractivity contribution in [2.75, 3.05) is 0 Å². The molecule has 0 aromatic rings. The van der Waals surface area contributed by atoms with Crippen molar-refractivity contribution in [2.24, 2.45) is 0 Å². The third-order valence-electron chi connectivity index (χ3n) is 1.45. The van der Waals surface area contributed by atoms with Crippen LogP contribution < -0.4 is 0 Å². The molecule has 0 heterocycles. The molecule has 1 rings (SSSR count). The Hall–Kier alpha value is 1.16. The van der Waals surface area contributed by atoms with Crippen molar-refractivity contribution in [3.63, 3.8) is 0 Å². The van der Waals surface area contributed by atoms with Crippen molar-refractivity contribution in [3.8, 4) is 0 Å². The van der Waals surface area contributed by atoms with E-state index in [0.29, 0.717) is 6.42 Å². The van der Waals surface area contributed by atoms with Crippen molar-refractivity contribution >= 4 is 46.4 Å². The van der Waals surface area contributed by atoms with Gasteiger partial charge in [0, 0.05) is 0 Å². The summed E-state index contributed by atoms with van der Waals surface area (Å²) in [5.41, 5.74) is 0. The molecule has 1 aliphatic rings. The highest BCUT2D eigenvalue weighted by Gasteiger charge is 2.39. The van der Waals surface area contributed by atoms with Crippen LogP contribution in [0.1, 0.15) is 6.42 Å². The van der Waals surface area contributed by atoms with Crippen LogP contribution in [0, 0.1) is 0 Å². The number of hydrogen-bond donors (Lipinski definition) is 0. The van der Waals surface area contributed by atoms with Gasteiger partial charge in [-0.3, -0.25) is 0 Å². The van der Waals surface area contributed by atoms with Crippen LogP contribution in [-0.4, -0.2) is 21.5 Å². The van der Waals surface area contributed by atoms with E-state index < -0.39 is 0 Å². The van der Waals surface area contributed by atoms with E-state index in [1.165, 1.54) is 0 Å². The van der Waals surface area contributed by atoms with Crippen molar-refractivity contribution in [3.05, 3.63) is 0 Å². The van der Waals surface area contributed by atoms with Crippen molar-refractivity contribution in [1.82, 2.24) is 0 Å². The monoisotopic (exact) mass is 206 g/mol. The molecule has 0 unspecified atom stereocenters. The van der Waals surface area contributed by atoms with Gasteiger partial charge in [0.2, 0.25) is 0 Å². The van der Waals surface area contributed by atoms with E-state index in [2.05, 4.69) is 0 Å². The normalized spacial score (nSPS) is 52.0. The van der Waals surface area contributed by atoms with E-state index in [1.807, 2.05) is 0 Å². The zero-order chi connectivity index (χ0) is 7.02. The molecule has 0 amide bonds. The molecule has 4 heteroatoms. The van der Waals surface area contributed by atoms with Gasteiger partial charge in [-0.1, -0.05) is 0 Å². The lowest BCUT2D eigenvalue weighted by Crippen LogP contribution is -2.17. The summed E-state index contributed by atoms with van der Waals surface area (Å²) in [6, 6.07) is 0. The molecule has 54 valence electrons. The third kappa shape index (κ3) is 1.59. The molecule has 1 fully saturated rings. The van der Waals surface area contributed by atoms with Gasteiger partial charge in [0.05, 0.1) is 21.5 Å². The Kier molecular flexibility index (Phi) is 2.79. The molecule has 0 aromatic carbocycles. The standard InChI is InChI=1S/C5H6Cl4/c6-2-1-3(7)5(9)4(2)8/h2-5H,1H2/t2-,3+,4-,5-/m0/s1. The molecule has 1 saturated carbocycles. The van der Waals surface area contributed by atoms with Crippen LogP contribution in [0.4, 0.5) is 0 Å². The average molecular weight is 208 g/mol. The van der Waals surface area contributed by atoms with Crippen molar-refractivity contribution in [1.29, 1.82) is 0 Å². The predicted molar refractivity (Wildman–Crippen MR) is 43.2 cm³/mol. The molecule has 0 spiro atoms. The molecule has 1 aliphatic carbocycles. The fraction of sp³-hybridized carbons (Fsp3) is 1.00. The van der Waals surface area contributed by atoms with Crippen LogP contribution in [0.5, 0.6) is 0 Å². The van der Waals surface area contributed by atoms with Crippen LogP contribution in [0.3, 0.4) is 0 Å². The highest BCUT2D eigenvalue weighted by Crippen LogP contribution is 2.36. The number of alkyl halides is 4. The highest BCUT2D eigenvalue weighted by atomic mass is 35.5. The molecule has 9 heavy (non-hydrogen) atoms. The summed E-state index contributed by atoms with van der Waals surface area (Å²) in [7, 11) is 0. The Morgan fingerprint density at radius 2 is 1.11 bits per heavy atom. The van der Waals surface area contributed by atoms with Crippen LogP contribution >= 0.6 is 46.4 Å². The average Bonchev–Trinajstić information content (AvgIpc) is 1.98. The van der Waals surface area contributed by atoms with Gasteiger partial charge in [0.25, 0.3) is 0 Å². The van der Waals surface area contributed by atoms with Gasteiger partial charge in [-0.05, 0) is 6.42 Å². The Labute approximate surface area is 74.4 Å². The van der Waals surface area contributed by atoms with Crippen LogP contribution in [-0.2, 0) is 0 Å². The third-order valence-corrected chi connectivity index (χ3v) is 3.88. The number of rotatable bonds is 0. The van der Waals surface area contributed by atoms with Crippen molar-refractivity contribution in [2.45, 2.75) is 27.9 Å². The van der Waals surface area contributed by atoms with Gasteiger partial charge in [-0.25, -0.2) is 0 Å². The Morgan fingerprint density at radius 1 is 0.778 bits per heavy atom. The molecule has 0 radical (unpaired) electrons. The van der Waals surface area contributed by atoms with E-state index in [4.69, 9.17) is 46.4 Å². The SMILES string of the molecule is Cl[C@@H]1[C@@H](Cl)[C@@H](Cl)C[C@H]1Cl. The largest absolute Gasteiger partial charge is 0.121 e. The summed E-state index contributed by atoms with van der Waals surface area (Å²) < 4.78 is 0. The first-order valence-corrected chi connectivity index (χ1v) is 4.44. The van der Waals surface area contributed by atoms with Gasteiger partial charge >= 0.3 is 0 Å². The number of halogens is 4. The molecular formula is C5H6Cl4. The second-order valence-electron chi connectivity index (χ2n) is 2.16. The summed E-state index contributed by atoms with van der Waals surface area (Å²) in [5.74, 6) is 0. The first-order valence-electron chi connectivity index (χ1n) is 2.69. The topological polar surface area (TPSA) is 0 Å². The summed E-state index contributed by atoms with van der Waals surface area (Å²) in [5, 5.41) is -0.458. The fourth-order valence-electron chi connectivity index (χ4n) is 0.874. The lowest BCUT2D eigenvalue weighted by molar-refractivity contribution is 0.901. The summed E-state index contributed by atoms with van der Waals surface area (Å²) in [6.45, 7) is 0. The second-order valence-corrected chi connectivity index (χ2v) is 4.29. The smallest absolute Gasteiger partial charge is 0.0678 e. The Balaban J connectivity index is 2.54. The molecule has 0 N–H and O–H groups in total. The first-order chi connectivity index (χ1) is 4.13. The van der Waals surface area contributed by atoms with Crippen molar-refractivity contribution < 1.29 is 0 Å². The summed E-state index contributed by atoms with van der Waals surface area (Å²) >= 11 is 23.0. The Bertz CT molecular complexity index is 93.1. The van der Waals surface area contributed by atoms with Gasteiger partial charge in [-0.2, -0.15) is 0 Å². The molecule has 0 nitrogen and oxygen atoms in total. The maximum absolute atomic E-state index is 5.76. The fourth-order valence-corrected chi connectivity index (χ4v) is 2.37. The van der Waals surface area contributed by atoms with E-state index in [9.17, 15) is 0 Å². The minimum atomic E-state index is -0.171. The molecule has 4 atom stereocenters. The van der Waals surface area contributed by atoms with E-state index >= 15 is 0 Å². The molecule has 0 saturated heterocycles. The zero-order valence-electron chi connectivity index (χ0n) is 4.53. The molecular weight excluding hydrogens is 202 g/mol. The van der Waals surface area contributed by atoms with Gasteiger partial charge in [0.15, 0.2) is 0 Å². The van der Waals surface area contributed by atoms with Crippen LogP contribution in [0.2, 0.25) is 0 Å². The van der Waals surface area contributed by atoms with Gasteiger partial charge in [-0.15, -0.1) is 46.4 Å². The minimum absolute atomic E-state index is 0.0586. The maximum atomic E-state index is 5.76. The van der Waals surface area contributed by atoms with E-state index in [-0.39, 0.29) is 21.5 Å². The molecule has 0 bridgehead atoms. The highest BCUT2D eigenvalue weighted by molar-refractivity contribution is 6.39.